The summed E-state index contributed by atoms with van der Waals surface area (Å²) < 4.78 is 37.5. The Hall–Kier alpha value is -4.01. The normalized spacial score (nSPS) is 16.2. The molecule has 1 saturated carbocycles. The molecule has 5 rings (SSSR count). The molecule has 2 aromatic carbocycles. The number of esters is 1. The van der Waals surface area contributed by atoms with E-state index in [0.717, 1.165) is 36.1 Å². The highest BCUT2D eigenvalue weighted by Crippen LogP contribution is 2.46. The van der Waals surface area contributed by atoms with Gasteiger partial charge in [-0.3, -0.25) is 4.79 Å². The number of hydrogen-bond acceptors (Lipinski definition) is 6. The molecule has 1 amide bonds. The molecule has 2 heterocycles. The van der Waals surface area contributed by atoms with Gasteiger partial charge in [-0.15, -0.1) is 0 Å². The third-order valence-electron chi connectivity index (χ3n) is 6.54. The second kappa shape index (κ2) is 9.22. The van der Waals surface area contributed by atoms with Crippen LogP contribution in [0.1, 0.15) is 44.7 Å². The second-order valence-corrected chi connectivity index (χ2v) is 9.21. The lowest BCUT2D eigenvalue weighted by molar-refractivity contribution is 0.0600. The van der Waals surface area contributed by atoms with E-state index in [1.165, 1.54) is 13.2 Å². The highest BCUT2D eigenvalue weighted by atomic mass is 19.1. The van der Waals surface area contributed by atoms with E-state index in [0.29, 0.717) is 30.0 Å². The second-order valence-electron chi connectivity index (χ2n) is 9.21. The van der Waals surface area contributed by atoms with Gasteiger partial charge in [0.15, 0.2) is 11.6 Å². The highest BCUT2D eigenvalue weighted by Gasteiger charge is 2.46. The van der Waals surface area contributed by atoms with Gasteiger partial charge in [0.25, 0.3) is 5.91 Å². The van der Waals surface area contributed by atoms with Gasteiger partial charge in [-0.25, -0.2) is 18.6 Å². The molecular weight excluding hydrogens is 468 g/mol. The quantitative estimate of drug-likeness (QED) is 0.499. The number of methoxy groups -OCH3 is 1. The van der Waals surface area contributed by atoms with E-state index >= 15 is 0 Å². The summed E-state index contributed by atoms with van der Waals surface area (Å²) in [7, 11) is 1.33. The van der Waals surface area contributed by atoms with Crippen LogP contribution >= 0.6 is 0 Å². The van der Waals surface area contributed by atoms with Crippen molar-refractivity contribution in [2.24, 2.45) is 0 Å². The first-order valence-electron chi connectivity index (χ1n) is 11.6. The number of halogens is 2. The molecule has 1 aliphatic heterocycles. The number of pyridine rings is 1. The maximum atomic E-state index is 13.9. The van der Waals surface area contributed by atoms with Crippen LogP contribution in [0.3, 0.4) is 0 Å². The van der Waals surface area contributed by atoms with Crippen LogP contribution in [0.5, 0.6) is 5.75 Å². The topological polar surface area (TPSA) is 80.8 Å². The Morgan fingerprint density at radius 1 is 1.08 bits per heavy atom. The predicted molar refractivity (Wildman–Crippen MR) is 128 cm³/mol. The van der Waals surface area contributed by atoms with Crippen LogP contribution in [0.25, 0.3) is 0 Å². The number of anilines is 1. The van der Waals surface area contributed by atoms with Gasteiger partial charge in [0.05, 0.1) is 36.9 Å². The summed E-state index contributed by atoms with van der Waals surface area (Å²) in [5.74, 6) is -1.56. The van der Waals surface area contributed by atoms with E-state index in [-0.39, 0.29) is 17.8 Å². The molecule has 0 unspecified atom stereocenters. The lowest BCUT2D eigenvalue weighted by Crippen LogP contribution is -2.55. The number of carbonyl (C=O) groups excluding carboxylic acids is 2. The fraction of sp³-hybridized carbons (Fsp3) is 0.296. The number of carbonyl (C=O) groups is 2. The molecule has 1 aromatic heterocycles. The average molecular weight is 494 g/mol. The van der Waals surface area contributed by atoms with Crippen LogP contribution in [0.15, 0.2) is 54.7 Å². The number of nitrogens with zero attached hydrogens (tertiary/aromatic N) is 2. The van der Waals surface area contributed by atoms with Gasteiger partial charge in [0, 0.05) is 12.3 Å². The van der Waals surface area contributed by atoms with Crippen LogP contribution in [0, 0.1) is 18.6 Å². The molecule has 0 spiro atoms. The molecular formula is C27H25F2N3O4. The molecule has 1 aliphatic carbocycles. The number of ether oxygens (including phenoxy) is 2. The first-order valence-corrected chi connectivity index (χ1v) is 11.6. The van der Waals surface area contributed by atoms with Gasteiger partial charge in [-0.1, -0.05) is 12.1 Å². The number of aromatic nitrogens is 1. The fourth-order valence-corrected chi connectivity index (χ4v) is 4.36. The third-order valence-corrected chi connectivity index (χ3v) is 6.54. The van der Waals surface area contributed by atoms with Crippen molar-refractivity contribution >= 4 is 17.7 Å². The first kappa shape index (κ1) is 23.7. The summed E-state index contributed by atoms with van der Waals surface area (Å²) in [5.41, 5.74) is 2.16. The fourth-order valence-electron chi connectivity index (χ4n) is 4.36. The number of hydrogen-bond donors (Lipinski definition) is 1. The Labute approximate surface area is 207 Å². The minimum atomic E-state index is -0.753. The van der Waals surface area contributed by atoms with Crippen molar-refractivity contribution in [3.8, 4) is 5.75 Å². The van der Waals surface area contributed by atoms with Crippen LogP contribution in [-0.4, -0.2) is 43.2 Å². The zero-order valence-corrected chi connectivity index (χ0v) is 19.9. The molecule has 7 nitrogen and oxygen atoms in total. The molecule has 186 valence electrons. The average Bonchev–Trinajstić information content (AvgIpc) is 3.62. The number of benzene rings is 2. The zero-order chi connectivity index (χ0) is 25.4. The van der Waals surface area contributed by atoms with Gasteiger partial charge in [-0.05, 0) is 61.2 Å². The Morgan fingerprint density at radius 3 is 2.44 bits per heavy atom. The molecule has 1 N–H and O–H groups in total. The van der Waals surface area contributed by atoms with Gasteiger partial charge < -0.3 is 19.7 Å². The number of nitrogens with one attached hydrogen (secondary N) is 1. The molecule has 9 heteroatoms. The molecule has 2 aliphatic rings. The van der Waals surface area contributed by atoms with Gasteiger partial charge in [0.1, 0.15) is 17.7 Å². The molecule has 0 bridgehead atoms. The molecule has 36 heavy (non-hydrogen) atoms. The van der Waals surface area contributed by atoms with E-state index in [2.05, 4.69) is 10.3 Å². The van der Waals surface area contributed by atoms with Gasteiger partial charge in [-0.2, -0.15) is 0 Å². The van der Waals surface area contributed by atoms with Crippen LogP contribution in [0.4, 0.5) is 14.6 Å². The number of amides is 1. The summed E-state index contributed by atoms with van der Waals surface area (Å²) in [5, 5.41) is 3.16. The summed E-state index contributed by atoms with van der Waals surface area (Å²) in [4.78, 5) is 31.5. The zero-order valence-electron chi connectivity index (χ0n) is 19.9. The minimum Gasteiger partial charge on any atom is -0.484 e. The smallest absolute Gasteiger partial charge is 0.337 e. The van der Waals surface area contributed by atoms with Crippen molar-refractivity contribution in [2.75, 3.05) is 25.1 Å². The van der Waals surface area contributed by atoms with Crippen molar-refractivity contribution in [3.05, 3.63) is 88.6 Å². The standard InChI is InChI=1S/C27H25F2N3O4/c1-16-11-21(25(33)31-27(9-10-27)18-5-3-17(4-6-18)26(34)35-2)24(30-13-16)32-14-20(15-32)36-23-8-7-19(28)12-22(23)29/h3-8,11-13,20H,9-10,14-15H2,1-2H3,(H,31,33). The molecule has 3 aromatic rings. The van der Waals surface area contributed by atoms with Crippen molar-refractivity contribution in [2.45, 2.75) is 31.4 Å². The molecule has 2 fully saturated rings. The maximum absolute atomic E-state index is 13.9. The van der Waals surface area contributed by atoms with Crippen LogP contribution in [-0.2, 0) is 10.3 Å². The van der Waals surface area contributed by atoms with Crippen LogP contribution < -0.4 is 15.0 Å². The highest BCUT2D eigenvalue weighted by molar-refractivity contribution is 6.00. The summed E-state index contributed by atoms with van der Waals surface area (Å²) >= 11 is 0. The lowest BCUT2D eigenvalue weighted by Gasteiger charge is -2.40. The molecule has 0 atom stereocenters. The van der Waals surface area contributed by atoms with E-state index in [1.807, 2.05) is 24.0 Å². The van der Waals surface area contributed by atoms with Crippen molar-refractivity contribution < 1.29 is 27.8 Å². The van der Waals surface area contributed by atoms with Gasteiger partial charge in [0.2, 0.25) is 0 Å². The Bertz CT molecular complexity index is 1320. The van der Waals surface area contributed by atoms with Crippen LogP contribution in [0.2, 0.25) is 0 Å². The van der Waals surface area contributed by atoms with E-state index in [4.69, 9.17) is 9.47 Å². The molecule has 0 radical (unpaired) electrons. The largest absolute Gasteiger partial charge is 0.484 e. The summed E-state index contributed by atoms with van der Waals surface area (Å²) in [6, 6.07) is 12.0. The molecule has 1 saturated heterocycles. The minimum absolute atomic E-state index is 0.00947. The Balaban J connectivity index is 1.28. The summed E-state index contributed by atoms with van der Waals surface area (Å²) in [6.07, 6.45) is 2.95. The SMILES string of the molecule is COC(=O)c1ccc(C2(NC(=O)c3cc(C)cnc3N3CC(Oc4ccc(F)cc4F)C3)CC2)cc1. The van der Waals surface area contributed by atoms with E-state index in [1.54, 1.807) is 24.4 Å². The van der Waals surface area contributed by atoms with E-state index in [9.17, 15) is 18.4 Å². The van der Waals surface area contributed by atoms with Crippen molar-refractivity contribution in [1.29, 1.82) is 0 Å². The maximum Gasteiger partial charge on any atom is 0.337 e. The number of aryl methyl sites for hydroxylation is 1. The van der Waals surface area contributed by atoms with Gasteiger partial charge >= 0.3 is 5.97 Å². The van der Waals surface area contributed by atoms with Crippen molar-refractivity contribution in [3.63, 3.8) is 0 Å². The monoisotopic (exact) mass is 493 g/mol. The Kier molecular flexibility index (Phi) is 6.07. The lowest BCUT2D eigenvalue weighted by atomic mass is 10.0. The Morgan fingerprint density at radius 2 is 1.81 bits per heavy atom. The first-order chi connectivity index (χ1) is 17.3. The van der Waals surface area contributed by atoms with E-state index < -0.39 is 23.1 Å². The number of rotatable bonds is 7. The summed E-state index contributed by atoms with van der Waals surface area (Å²) in [6.45, 7) is 2.69. The predicted octanol–water partition coefficient (Wildman–Crippen LogP) is 4.14. The van der Waals surface area contributed by atoms with Crippen molar-refractivity contribution in [1.82, 2.24) is 10.3 Å². The third kappa shape index (κ3) is 4.60.